The summed E-state index contributed by atoms with van der Waals surface area (Å²) in [6, 6.07) is 39.7. The van der Waals surface area contributed by atoms with E-state index in [9.17, 15) is 14.4 Å². The number of halogens is 2. The normalized spacial score (nSPS) is 11.8. The zero-order valence-corrected chi connectivity index (χ0v) is 27.0. The van der Waals surface area contributed by atoms with Crippen LogP contribution in [0, 0.1) is 0 Å². The van der Waals surface area contributed by atoms with Crippen molar-refractivity contribution in [2.24, 2.45) is 0 Å². The van der Waals surface area contributed by atoms with Gasteiger partial charge in [-0.15, -0.1) is 11.8 Å². The van der Waals surface area contributed by atoms with E-state index in [0.717, 1.165) is 16.3 Å². The molecule has 0 fully saturated rings. The summed E-state index contributed by atoms with van der Waals surface area (Å²) in [6.07, 6.45) is 1.45. The Bertz CT molecular complexity index is 1810. The lowest BCUT2D eigenvalue weighted by Gasteiger charge is -2.26. The highest BCUT2D eigenvalue weighted by Crippen LogP contribution is 2.32. The largest absolute Gasteiger partial charge is 0.321 e. The molecule has 6 nitrogen and oxygen atoms in total. The van der Waals surface area contributed by atoms with Crippen LogP contribution in [0.15, 0.2) is 144 Å². The molecule has 46 heavy (non-hydrogen) atoms. The van der Waals surface area contributed by atoms with Crippen LogP contribution in [-0.4, -0.2) is 23.0 Å². The zero-order valence-electron chi connectivity index (χ0n) is 24.7. The third kappa shape index (κ3) is 8.25. The maximum Gasteiger partial charge on any atom is 0.272 e. The van der Waals surface area contributed by atoms with Crippen LogP contribution in [0.5, 0.6) is 0 Å². The maximum atomic E-state index is 13.8. The van der Waals surface area contributed by atoms with E-state index >= 15 is 0 Å². The van der Waals surface area contributed by atoms with Gasteiger partial charge in [0.1, 0.15) is 5.70 Å². The van der Waals surface area contributed by atoms with Crippen LogP contribution in [0.3, 0.4) is 0 Å². The van der Waals surface area contributed by atoms with Crippen LogP contribution in [0.25, 0.3) is 6.08 Å². The number of rotatable bonds is 10. The number of nitrogens with one attached hydrogen (secondary N) is 2. The molecule has 230 valence electrons. The first kappa shape index (κ1) is 32.6. The molecule has 0 aliphatic carbocycles. The van der Waals surface area contributed by atoms with Crippen LogP contribution in [0.1, 0.15) is 22.8 Å². The SMILES string of the molecule is CC(Sc1cccc(NC(=O)/C(=C\c2c(Cl)cccc2Cl)NC(=O)c2ccccc2)c1)C(=O)N(c1ccccc1)c1ccccc1. The molecule has 0 radical (unpaired) electrons. The van der Waals surface area contributed by atoms with Gasteiger partial charge in [-0.05, 0) is 79.7 Å². The molecule has 1 atom stereocenters. The minimum Gasteiger partial charge on any atom is -0.321 e. The van der Waals surface area contributed by atoms with Gasteiger partial charge in [-0.3, -0.25) is 19.3 Å². The van der Waals surface area contributed by atoms with E-state index in [1.807, 2.05) is 73.7 Å². The van der Waals surface area contributed by atoms with Gasteiger partial charge in [-0.25, -0.2) is 0 Å². The Morgan fingerprint density at radius 3 is 1.85 bits per heavy atom. The number of carbonyl (C=O) groups is 3. The highest BCUT2D eigenvalue weighted by atomic mass is 35.5. The van der Waals surface area contributed by atoms with E-state index in [1.165, 1.54) is 17.8 Å². The Kier molecular flexibility index (Phi) is 10.9. The number of anilines is 3. The second-order valence-electron chi connectivity index (χ2n) is 10.1. The van der Waals surface area contributed by atoms with Gasteiger partial charge in [-0.1, -0.05) is 89.9 Å². The fraction of sp³-hybridized carbons (Fsp3) is 0.0541. The Morgan fingerprint density at radius 2 is 1.26 bits per heavy atom. The van der Waals surface area contributed by atoms with Crippen molar-refractivity contribution < 1.29 is 14.4 Å². The first-order valence-corrected chi connectivity index (χ1v) is 16.0. The molecule has 3 amide bonds. The third-order valence-corrected chi connectivity index (χ3v) is 8.56. The summed E-state index contributed by atoms with van der Waals surface area (Å²) in [4.78, 5) is 42.9. The van der Waals surface area contributed by atoms with Crippen molar-refractivity contribution >= 4 is 75.8 Å². The van der Waals surface area contributed by atoms with Crippen molar-refractivity contribution in [1.29, 1.82) is 0 Å². The van der Waals surface area contributed by atoms with Gasteiger partial charge in [0.25, 0.3) is 11.8 Å². The number of hydrogen-bond acceptors (Lipinski definition) is 4. The molecule has 0 saturated heterocycles. The van der Waals surface area contributed by atoms with Crippen molar-refractivity contribution in [3.05, 3.63) is 160 Å². The summed E-state index contributed by atoms with van der Waals surface area (Å²) in [5.41, 5.74) is 2.73. The molecule has 0 heterocycles. The predicted octanol–water partition coefficient (Wildman–Crippen LogP) is 9.25. The molecule has 9 heteroatoms. The monoisotopic (exact) mass is 665 g/mol. The fourth-order valence-corrected chi connectivity index (χ4v) is 6.05. The van der Waals surface area contributed by atoms with Crippen LogP contribution in [-0.2, 0) is 9.59 Å². The molecule has 2 N–H and O–H groups in total. The molecule has 5 aromatic rings. The third-order valence-electron chi connectivity index (χ3n) is 6.82. The fourth-order valence-electron chi connectivity index (χ4n) is 4.57. The molecule has 0 saturated carbocycles. The van der Waals surface area contributed by atoms with E-state index in [-0.39, 0.29) is 11.6 Å². The van der Waals surface area contributed by atoms with Crippen molar-refractivity contribution in [2.45, 2.75) is 17.1 Å². The smallest absolute Gasteiger partial charge is 0.272 e. The summed E-state index contributed by atoms with van der Waals surface area (Å²) in [5, 5.41) is 5.74. The lowest BCUT2D eigenvalue weighted by molar-refractivity contribution is -0.117. The summed E-state index contributed by atoms with van der Waals surface area (Å²) in [5.74, 6) is -1.14. The number of amides is 3. The van der Waals surface area contributed by atoms with Gasteiger partial charge >= 0.3 is 0 Å². The van der Waals surface area contributed by atoms with Crippen LogP contribution in [0.4, 0.5) is 17.1 Å². The summed E-state index contributed by atoms with van der Waals surface area (Å²) >= 11 is 14.1. The molecule has 5 aromatic carbocycles. The standard InChI is InChI=1S/C37H29Cl2N3O3S/c1-25(37(45)42(28-16-7-3-8-17-28)29-18-9-4-10-19-29)46-30-20-11-15-27(23-30)40-36(44)34(24-31-32(38)21-12-22-33(31)39)41-35(43)26-13-5-2-6-14-26/h2-25H,1H3,(H,40,44)(H,41,43)/b34-24+. The summed E-state index contributed by atoms with van der Waals surface area (Å²) < 4.78 is 0. The number of carbonyl (C=O) groups excluding carboxylic acids is 3. The van der Waals surface area contributed by atoms with Crippen molar-refractivity contribution in [3.8, 4) is 0 Å². The highest BCUT2D eigenvalue weighted by molar-refractivity contribution is 8.00. The molecule has 0 aromatic heterocycles. The van der Waals surface area contributed by atoms with Gasteiger partial charge in [-0.2, -0.15) is 0 Å². The van der Waals surface area contributed by atoms with Gasteiger partial charge in [0.15, 0.2) is 0 Å². The van der Waals surface area contributed by atoms with Gasteiger partial charge in [0.2, 0.25) is 5.91 Å². The Balaban J connectivity index is 1.36. The van der Waals surface area contributed by atoms with Crippen LogP contribution < -0.4 is 15.5 Å². The molecule has 0 spiro atoms. The summed E-state index contributed by atoms with van der Waals surface area (Å²) in [7, 11) is 0. The number of benzene rings is 5. The molecule has 0 aliphatic heterocycles. The average molecular weight is 667 g/mol. The first-order valence-electron chi connectivity index (χ1n) is 14.3. The maximum absolute atomic E-state index is 13.8. The van der Waals surface area contributed by atoms with Gasteiger partial charge < -0.3 is 10.6 Å². The molecular weight excluding hydrogens is 637 g/mol. The first-order chi connectivity index (χ1) is 22.3. The zero-order chi connectivity index (χ0) is 32.5. The van der Waals surface area contributed by atoms with Crippen LogP contribution >= 0.6 is 35.0 Å². The van der Waals surface area contributed by atoms with Gasteiger partial charge in [0, 0.05) is 43.1 Å². The molecular formula is C37H29Cl2N3O3S. The number of nitrogens with zero attached hydrogens (tertiary/aromatic N) is 1. The predicted molar refractivity (Wildman–Crippen MR) is 189 cm³/mol. The Labute approximate surface area is 282 Å². The topological polar surface area (TPSA) is 78.5 Å². The molecule has 0 aliphatic rings. The molecule has 1 unspecified atom stereocenters. The number of hydrogen-bond donors (Lipinski definition) is 2. The lowest BCUT2D eigenvalue weighted by atomic mass is 10.1. The minimum atomic E-state index is -0.578. The van der Waals surface area contributed by atoms with Crippen molar-refractivity contribution in [1.82, 2.24) is 5.32 Å². The van der Waals surface area contributed by atoms with Gasteiger partial charge in [0.05, 0.1) is 5.25 Å². The lowest BCUT2D eigenvalue weighted by Crippen LogP contribution is -2.32. The summed E-state index contributed by atoms with van der Waals surface area (Å²) in [6.45, 7) is 1.85. The van der Waals surface area contributed by atoms with Crippen molar-refractivity contribution in [3.63, 3.8) is 0 Å². The molecule has 0 bridgehead atoms. The highest BCUT2D eigenvalue weighted by Gasteiger charge is 2.25. The average Bonchev–Trinajstić information content (AvgIpc) is 3.07. The van der Waals surface area contributed by atoms with E-state index < -0.39 is 17.1 Å². The Hall–Kier alpha value is -4.82. The second kappa shape index (κ2) is 15.5. The number of thioether (sulfide) groups is 1. The van der Waals surface area contributed by atoms with E-state index in [2.05, 4.69) is 10.6 Å². The molecule has 5 rings (SSSR count). The Morgan fingerprint density at radius 1 is 0.717 bits per heavy atom. The van der Waals surface area contributed by atoms with Crippen molar-refractivity contribution in [2.75, 3.05) is 10.2 Å². The second-order valence-corrected chi connectivity index (χ2v) is 12.3. The number of para-hydroxylation sites is 2. The van der Waals surface area contributed by atoms with E-state index in [1.54, 1.807) is 71.6 Å². The van der Waals surface area contributed by atoms with Crippen LogP contribution in [0.2, 0.25) is 10.0 Å². The van der Waals surface area contributed by atoms with E-state index in [0.29, 0.717) is 26.9 Å². The minimum absolute atomic E-state index is 0.0492. The quantitative estimate of drug-likeness (QED) is 0.115. The van der Waals surface area contributed by atoms with E-state index in [4.69, 9.17) is 23.2 Å².